The molecule has 0 unspecified atom stereocenters. The van der Waals surface area contributed by atoms with Crippen molar-refractivity contribution in [1.29, 1.82) is 0 Å². The zero-order valence-electron chi connectivity index (χ0n) is 48.1. The quantitative estimate of drug-likeness (QED) is 0.0316. The number of aliphatic carboxylic acids is 10. The molecule has 19 N–H and O–H groups in total. The smallest absolute Gasteiger partial charge is 0.331 e. The van der Waals surface area contributed by atoms with E-state index in [4.69, 9.17) is 97.0 Å². The van der Waals surface area contributed by atoms with Crippen LogP contribution in [0, 0.1) is 0 Å². The van der Waals surface area contributed by atoms with Crippen LogP contribution in [0.3, 0.4) is 0 Å². The van der Waals surface area contributed by atoms with Crippen LogP contribution in [0.15, 0.2) is 58.2 Å². The standard InChI is InChI=1S/5C9H14O4.3C3H8O3/c5*1-2-3-4-5-7(9(12)13)6-8(10)11;3*4-1-3(6)2-5/h5*5H,2-4,6H2,1H3,(H,10,11)(H,12,13);3*3-6H,1-2H2. The first kappa shape index (κ1) is 92.5. The molecule has 0 aliphatic carbocycles. The summed E-state index contributed by atoms with van der Waals surface area (Å²) >= 11 is 0. The monoisotopic (exact) mass is 1210 g/mol. The third-order valence-corrected chi connectivity index (χ3v) is 9.09. The van der Waals surface area contributed by atoms with Gasteiger partial charge in [0.1, 0.15) is 18.3 Å². The number of aliphatic hydroxyl groups excluding tert-OH is 9. The van der Waals surface area contributed by atoms with Crippen molar-refractivity contribution in [3.05, 3.63) is 58.2 Å². The molecule has 0 saturated carbocycles. The van der Waals surface area contributed by atoms with Gasteiger partial charge < -0.3 is 97.0 Å². The van der Waals surface area contributed by atoms with Gasteiger partial charge in [0.2, 0.25) is 0 Å². The van der Waals surface area contributed by atoms with Gasteiger partial charge in [0.15, 0.2) is 0 Å². The van der Waals surface area contributed by atoms with Gasteiger partial charge in [0.25, 0.3) is 0 Å². The average Bonchev–Trinajstić information content (AvgIpc) is 3.41. The SMILES string of the molecule is CCCCC=C(CC(=O)O)C(=O)O.CCCCC=C(CC(=O)O)C(=O)O.CCCCC=C(CC(=O)O)C(=O)O.CCCCC=C(CC(=O)O)C(=O)O.CCCCC=C(CC(=O)O)C(=O)O.OCC(O)CO.OCC(O)CO.OCC(O)CO. The van der Waals surface area contributed by atoms with Crippen molar-refractivity contribution >= 4 is 59.7 Å². The highest BCUT2D eigenvalue weighted by Crippen LogP contribution is 2.10. The summed E-state index contributed by atoms with van der Waals surface area (Å²) in [5.74, 6) is -11.2. The summed E-state index contributed by atoms with van der Waals surface area (Å²) in [6, 6.07) is 0. The molecule has 0 fully saturated rings. The molecule has 83 heavy (non-hydrogen) atoms. The molecule has 29 heteroatoms. The van der Waals surface area contributed by atoms with Crippen LogP contribution in [-0.4, -0.2) is 215 Å². The molecule has 0 aromatic carbocycles. The summed E-state index contributed by atoms with van der Waals surface area (Å²) in [5, 5.41) is 157. The lowest BCUT2D eigenvalue weighted by atomic mass is 10.1. The van der Waals surface area contributed by atoms with Crippen molar-refractivity contribution in [1.82, 2.24) is 0 Å². The Kier molecular flexibility index (Phi) is 75.3. The number of rotatable bonds is 36. The summed E-state index contributed by atoms with van der Waals surface area (Å²) in [6.45, 7) is 7.77. The number of carbonyl (C=O) groups is 10. The fraction of sp³-hybridized carbons (Fsp3) is 0.630. The van der Waals surface area contributed by atoms with E-state index < -0.39 is 110 Å². The van der Waals surface area contributed by atoms with E-state index in [1.165, 1.54) is 30.4 Å². The first-order chi connectivity index (χ1) is 38.8. The molecular weight excluding hydrogens is 1110 g/mol. The van der Waals surface area contributed by atoms with Crippen molar-refractivity contribution in [2.24, 2.45) is 0 Å². The number of carboxylic acid groups (broad SMARTS) is 10. The minimum Gasteiger partial charge on any atom is -0.481 e. The Morgan fingerprint density at radius 1 is 0.265 bits per heavy atom. The summed E-state index contributed by atoms with van der Waals surface area (Å²) in [6.07, 6.45) is 15.0. The Morgan fingerprint density at radius 2 is 0.386 bits per heavy atom. The molecule has 0 aliphatic heterocycles. The predicted molar refractivity (Wildman–Crippen MR) is 298 cm³/mol. The Morgan fingerprint density at radius 3 is 0.446 bits per heavy atom. The lowest BCUT2D eigenvalue weighted by Gasteiger charge is -1.97. The van der Waals surface area contributed by atoms with Crippen molar-refractivity contribution in [3.8, 4) is 0 Å². The van der Waals surface area contributed by atoms with Gasteiger partial charge in [0.05, 0.1) is 71.7 Å². The van der Waals surface area contributed by atoms with E-state index in [2.05, 4.69) is 0 Å². The lowest BCUT2D eigenvalue weighted by molar-refractivity contribution is -0.139. The third-order valence-electron chi connectivity index (χ3n) is 9.09. The maximum Gasteiger partial charge on any atom is 0.331 e. The zero-order valence-corrected chi connectivity index (χ0v) is 48.1. The maximum absolute atomic E-state index is 10.5. The summed E-state index contributed by atoms with van der Waals surface area (Å²) in [4.78, 5) is 104. The molecule has 0 aliphatic rings. The topological polar surface area (TPSA) is 555 Å². The second kappa shape index (κ2) is 67.5. The molecule has 0 bridgehead atoms. The van der Waals surface area contributed by atoms with Crippen LogP contribution in [0.2, 0.25) is 0 Å². The summed E-state index contributed by atoms with van der Waals surface area (Å²) < 4.78 is 0. The van der Waals surface area contributed by atoms with Crippen LogP contribution in [0.25, 0.3) is 0 Å². The van der Waals surface area contributed by atoms with Gasteiger partial charge in [-0.25, -0.2) is 24.0 Å². The van der Waals surface area contributed by atoms with E-state index >= 15 is 0 Å². The summed E-state index contributed by atoms with van der Waals surface area (Å²) in [7, 11) is 0. The molecule has 0 spiro atoms. The Balaban J connectivity index is -0.000000131. The first-order valence-corrected chi connectivity index (χ1v) is 26.2. The van der Waals surface area contributed by atoms with Crippen molar-refractivity contribution < 1.29 is 145 Å². The second-order valence-electron chi connectivity index (χ2n) is 16.8. The molecular formula is C54H94O29. The van der Waals surface area contributed by atoms with E-state index in [-0.39, 0.29) is 67.5 Å². The largest absolute Gasteiger partial charge is 0.481 e. The molecule has 0 rings (SSSR count). The fourth-order valence-corrected chi connectivity index (χ4v) is 4.57. The molecule has 0 atom stereocenters. The van der Waals surface area contributed by atoms with Gasteiger partial charge in [0, 0.05) is 27.9 Å². The van der Waals surface area contributed by atoms with E-state index in [9.17, 15) is 47.9 Å². The maximum atomic E-state index is 10.5. The number of allylic oxidation sites excluding steroid dienone is 5. The van der Waals surface area contributed by atoms with E-state index in [1.807, 2.05) is 34.6 Å². The number of hydrogen-bond acceptors (Lipinski definition) is 19. The number of carboxylic acids is 10. The molecule has 0 saturated heterocycles. The molecule has 0 aromatic rings. The molecule has 29 nitrogen and oxygen atoms in total. The van der Waals surface area contributed by atoms with Crippen molar-refractivity contribution in [2.45, 2.75) is 181 Å². The van der Waals surface area contributed by atoms with E-state index in [1.54, 1.807) is 0 Å². The molecule has 0 aromatic heterocycles. The number of hydrogen-bond donors (Lipinski definition) is 19. The van der Waals surface area contributed by atoms with Gasteiger partial charge in [-0.05, 0) is 32.1 Å². The van der Waals surface area contributed by atoms with Crippen LogP contribution in [0.4, 0.5) is 0 Å². The number of aliphatic hydroxyl groups is 9. The Bertz CT molecular complexity index is 1600. The molecule has 0 amide bonds. The first-order valence-electron chi connectivity index (χ1n) is 26.2. The average molecular weight is 1210 g/mol. The number of unbranched alkanes of at least 4 members (excludes halogenated alkanes) is 10. The van der Waals surface area contributed by atoms with Crippen molar-refractivity contribution in [2.75, 3.05) is 39.6 Å². The van der Waals surface area contributed by atoms with Crippen molar-refractivity contribution in [3.63, 3.8) is 0 Å². The zero-order chi connectivity index (χ0) is 66.3. The Hall–Kier alpha value is -6.96. The molecule has 484 valence electrons. The van der Waals surface area contributed by atoms with Crippen LogP contribution >= 0.6 is 0 Å². The van der Waals surface area contributed by atoms with E-state index in [0.717, 1.165) is 64.2 Å². The normalized spacial score (nSPS) is 11.0. The van der Waals surface area contributed by atoms with Gasteiger partial charge in [-0.3, -0.25) is 24.0 Å². The highest BCUT2D eigenvalue weighted by molar-refractivity contribution is 5.94. The fourth-order valence-electron chi connectivity index (χ4n) is 4.57. The van der Waals surface area contributed by atoms with Gasteiger partial charge >= 0.3 is 59.7 Å². The lowest BCUT2D eigenvalue weighted by Crippen LogP contribution is -2.15. The van der Waals surface area contributed by atoms with Gasteiger partial charge in [-0.15, -0.1) is 0 Å². The van der Waals surface area contributed by atoms with Gasteiger partial charge in [-0.1, -0.05) is 129 Å². The third kappa shape index (κ3) is 81.6. The predicted octanol–water partition coefficient (Wildman–Crippen LogP) is 3.31. The van der Waals surface area contributed by atoms with Crippen LogP contribution in [0.5, 0.6) is 0 Å². The van der Waals surface area contributed by atoms with Crippen LogP contribution in [-0.2, 0) is 47.9 Å². The minimum absolute atomic E-state index is 0.0269. The van der Waals surface area contributed by atoms with Crippen LogP contribution < -0.4 is 0 Å². The highest BCUT2D eigenvalue weighted by atomic mass is 16.4. The summed E-state index contributed by atoms with van der Waals surface area (Å²) in [5.41, 5.74) is -0.134. The highest BCUT2D eigenvalue weighted by Gasteiger charge is 2.14. The minimum atomic E-state index is -1.14. The second-order valence-corrected chi connectivity index (χ2v) is 16.8. The Labute approximate surface area is 482 Å². The van der Waals surface area contributed by atoms with Gasteiger partial charge in [-0.2, -0.15) is 0 Å². The molecule has 0 heterocycles. The van der Waals surface area contributed by atoms with E-state index in [0.29, 0.717) is 32.1 Å². The molecule has 0 radical (unpaired) electrons. The van der Waals surface area contributed by atoms with Crippen LogP contribution in [0.1, 0.15) is 163 Å².